The molecular formula is C22H40N4O7. The highest BCUT2D eigenvalue weighted by Gasteiger charge is 2.33. The fourth-order valence-corrected chi connectivity index (χ4v) is 3.14. The van der Waals surface area contributed by atoms with Crippen molar-refractivity contribution in [2.45, 2.75) is 91.4 Å². The maximum atomic E-state index is 13.0. The summed E-state index contributed by atoms with van der Waals surface area (Å²) in [6.45, 7) is 10.9. The van der Waals surface area contributed by atoms with Gasteiger partial charge in [0.25, 0.3) is 0 Å². The van der Waals surface area contributed by atoms with Crippen LogP contribution in [-0.2, 0) is 24.0 Å². The Kier molecular flexibility index (Phi) is 13.3. The van der Waals surface area contributed by atoms with E-state index in [1.165, 1.54) is 0 Å². The molecule has 190 valence electrons. The molecule has 0 bridgehead atoms. The van der Waals surface area contributed by atoms with Crippen LogP contribution in [0.2, 0.25) is 0 Å². The van der Waals surface area contributed by atoms with E-state index >= 15 is 0 Å². The van der Waals surface area contributed by atoms with Gasteiger partial charge in [-0.1, -0.05) is 48.0 Å². The lowest BCUT2D eigenvalue weighted by Gasteiger charge is -2.29. The Morgan fingerprint density at radius 3 is 1.76 bits per heavy atom. The van der Waals surface area contributed by atoms with Gasteiger partial charge in [-0.25, -0.2) is 4.79 Å². The van der Waals surface area contributed by atoms with Crippen LogP contribution >= 0.6 is 0 Å². The molecule has 0 aliphatic rings. The first-order valence-corrected chi connectivity index (χ1v) is 11.3. The van der Waals surface area contributed by atoms with E-state index in [1.807, 2.05) is 20.8 Å². The van der Waals surface area contributed by atoms with Crippen molar-refractivity contribution in [3.8, 4) is 0 Å². The molecule has 33 heavy (non-hydrogen) atoms. The average Bonchev–Trinajstić information content (AvgIpc) is 2.70. The molecule has 11 nitrogen and oxygen atoms in total. The zero-order valence-corrected chi connectivity index (χ0v) is 20.4. The minimum absolute atomic E-state index is 0.193. The van der Waals surface area contributed by atoms with Gasteiger partial charge < -0.3 is 31.9 Å². The molecule has 0 saturated carbocycles. The predicted molar refractivity (Wildman–Crippen MR) is 122 cm³/mol. The zero-order valence-electron chi connectivity index (χ0n) is 20.4. The monoisotopic (exact) mass is 472 g/mol. The molecule has 0 aromatic heterocycles. The number of amides is 3. The summed E-state index contributed by atoms with van der Waals surface area (Å²) in [7, 11) is 0. The summed E-state index contributed by atoms with van der Waals surface area (Å²) in [5.74, 6) is -4.81. The summed E-state index contributed by atoms with van der Waals surface area (Å²) < 4.78 is 0. The first kappa shape index (κ1) is 30.3. The van der Waals surface area contributed by atoms with Gasteiger partial charge in [0.2, 0.25) is 17.7 Å². The number of aliphatic carboxylic acids is 2. The molecule has 0 heterocycles. The Balaban J connectivity index is 5.48. The molecule has 0 saturated heterocycles. The first-order valence-electron chi connectivity index (χ1n) is 11.3. The Labute approximate surface area is 195 Å². The Hall–Kier alpha value is -2.69. The van der Waals surface area contributed by atoms with Crippen molar-refractivity contribution in [2.24, 2.45) is 23.5 Å². The number of nitrogens with one attached hydrogen (secondary N) is 3. The Bertz CT molecular complexity index is 696. The second kappa shape index (κ2) is 14.5. The maximum absolute atomic E-state index is 13.0. The van der Waals surface area contributed by atoms with Gasteiger partial charge in [-0.15, -0.1) is 0 Å². The lowest BCUT2D eigenvalue weighted by atomic mass is 9.95. The van der Waals surface area contributed by atoms with Crippen LogP contribution < -0.4 is 21.7 Å². The number of nitrogens with two attached hydrogens (primary N) is 1. The van der Waals surface area contributed by atoms with Crippen molar-refractivity contribution < 1.29 is 34.2 Å². The normalized spacial score (nSPS) is 15.8. The molecule has 5 atom stereocenters. The molecule has 0 aromatic carbocycles. The largest absolute Gasteiger partial charge is 0.481 e. The summed E-state index contributed by atoms with van der Waals surface area (Å²) in [6.07, 6.45) is 0.220. The van der Waals surface area contributed by atoms with E-state index in [-0.39, 0.29) is 24.2 Å². The second-order valence-electron chi connectivity index (χ2n) is 9.17. The van der Waals surface area contributed by atoms with Crippen LogP contribution in [0.15, 0.2) is 0 Å². The van der Waals surface area contributed by atoms with E-state index in [0.717, 1.165) is 0 Å². The van der Waals surface area contributed by atoms with E-state index in [0.29, 0.717) is 12.8 Å². The third-order valence-corrected chi connectivity index (χ3v) is 5.36. The molecule has 5 unspecified atom stereocenters. The summed E-state index contributed by atoms with van der Waals surface area (Å²) in [4.78, 5) is 60.5. The van der Waals surface area contributed by atoms with Crippen molar-refractivity contribution in [2.75, 3.05) is 0 Å². The highest BCUT2D eigenvalue weighted by molar-refractivity contribution is 5.94. The quantitative estimate of drug-likeness (QED) is 0.198. The van der Waals surface area contributed by atoms with Crippen LogP contribution in [0.25, 0.3) is 0 Å². The van der Waals surface area contributed by atoms with Crippen LogP contribution in [0, 0.1) is 17.8 Å². The molecule has 3 amide bonds. The highest BCUT2D eigenvalue weighted by atomic mass is 16.4. The standard InChI is InChI=1S/C22H40N4O7/c1-7-13(6)18(21(31)24-15(22(32)33)8-9-16(27)28)26-20(30)17(12(4)5)25-19(29)14(23)10-11(2)3/h11-15,17-18H,7-10,23H2,1-6H3,(H,24,31)(H,25,29)(H,26,30)(H,27,28)(H,32,33). The minimum Gasteiger partial charge on any atom is -0.481 e. The van der Waals surface area contributed by atoms with E-state index in [9.17, 15) is 29.1 Å². The van der Waals surface area contributed by atoms with Crippen LogP contribution in [0.5, 0.6) is 0 Å². The smallest absolute Gasteiger partial charge is 0.326 e. The molecule has 0 radical (unpaired) electrons. The molecule has 0 fully saturated rings. The fraction of sp³-hybridized carbons (Fsp3) is 0.773. The topological polar surface area (TPSA) is 188 Å². The SMILES string of the molecule is CCC(C)C(NC(=O)C(NC(=O)C(N)CC(C)C)C(C)C)C(=O)NC(CCC(=O)O)C(=O)O. The van der Waals surface area contributed by atoms with Gasteiger partial charge in [0.05, 0.1) is 6.04 Å². The average molecular weight is 473 g/mol. The second-order valence-corrected chi connectivity index (χ2v) is 9.17. The number of carbonyl (C=O) groups is 5. The number of hydrogen-bond donors (Lipinski definition) is 6. The summed E-state index contributed by atoms with van der Waals surface area (Å²) in [5, 5.41) is 25.7. The van der Waals surface area contributed by atoms with Gasteiger partial charge in [-0.05, 0) is 30.6 Å². The predicted octanol–water partition coefficient (Wildman–Crippen LogP) is 0.466. The van der Waals surface area contributed by atoms with E-state index in [4.69, 9.17) is 10.8 Å². The lowest BCUT2D eigenvalue weighted by molar-refractivity contribution is -0.143. The van der Waals surface area contributed by atoms with Crippen LogP contribution in [0.4, 0.5) is 0 Å². The highest BCUT2D eigenvalue weighted by Crippen LogP contribution is 2.12. The van der Waals surface area contributed by atoms with Gasteiger partial charge in [-0.2, -0.15) is 0 Å². The number of carboxylic acids is 2. The number of hydrogen-bond acceptors (Lipinski definition) is 6. The van der Waals surface area contributed by atoms with Gasteiger partial charge in [0.15, 0.2) is 0 Å². The van der Waals surface area contributed by atoms with Crippen molar-refractivity contribution in [3.05, 3.63) is 0 Å². The molecule has 0 spiro atoms. The molecule has 7 N–H and O–H groups in total. The first-order chi connectivity index (χ1) is 15.2. The maximum Gasteiger partial charge on any atom is 0.326 e. The molecular weight excluding hydrogens is 432 g/mol. The molecule has 0 aromatic rings. The summed E-state index contributed by atoms with van der Waals surface area (Å²) in [6, 6.07) is -4.21. The van der Waals surface area contributed by atoms with Crippen molar-refractivity contribution in [1.29, 1.82) is 0 Å². The van der Waals surface area contributed by atoms with Crippen LogP contribution in [0.3, 0.4) is 0 Å². The van der Waals surface area contributed by atoms with Crippen molar-refractivity contribution in [3.63, 3.8) is 0 Å². The van der Waals surface area contributed by atoms with Crippen LogP contribution in [0.1, 0.15) is 67.2 Å². The van der Waals surface area contributed by atoms with E-state index in [2.05, 4.69) is 16.0 Å². The van der Waals surface area contributed by atoms with E-state index < -0.39 is 60.2 Å². The third-order valence-electron chi connectivity index (χ3n) is 5.36. The molecule has 11 heteroatoms. The van der Waals surface area contributed by atoms with Crippen LogP contribution in [-0.4, -0.2) is 64.0 Å². The molecule has 0 aliphatic heterocycles. The molecule has 0 rings (SSSR count). The van der Waals surface area contributed by atoms with Gasteiger partial charge in [0, 0.05) is 6.42 Å². The van der Waals surface area contributed by atoms with Gasteiger partial charge in [-0.3, -0.25) is 19.2 Å². The summed E-state index contributed by atoms with van der Waals surface area (Å²) in [5.41, 5.74) is 5.91. The minimum atomic E-state index is -1.41. The fourth-order valence-electron chi connectivity index (χ4n) is 3.14. The third kappa shape index (κ3) is 11.1. The number of rotatable bonds is 15. The summed E-state index contributed by atoms with van der Waals surface area (Å²) >= 11 is 0. The Morgan fingerprint density at radius 1 is 0.818 bits per heavy atom. The van der Waals surface area contributed by atoms with Gasteiger partial charge >= 0.3 is 11.9 Å². The Morgan fingerprint density at radius 2 is 1.33 bits per heavy atom. The number of carbonyl (C=O) groups excluding carboxylic acids is 3. The van der Waals surface area contributed by atoms with Crippen molar-refractivity contribution in [1.82, 2.24) is 16.0 Å². The van der Waals surface area contributed by atoms with Crippen molar-refractivity contribution >= 4 is 29.7 Å². The van der Waals surface area contributed by atoms with E-state index in [1.54, 1.807) is 20.8 Å². The molecule has 0 aliphatic carbocycles. The van der Waals surface area contributed by atoms with Gasteiger partial charge in [0.1, 0.15) is 18.1 Å². The number of carboxylic acid groups (broad SMARTS) is 2. The lowest BCUT2D eigenvalue weighted by Crippen LogP contribution is -2.59. The zero-order chi connectivity index (χ0) is 25.9.